The lowest BCUT2D eigenvalue weighted by Crippen LogP contribution is -2.18. The number of rotatable bonds is 7. The number of carboxylic acid groups (broad SMARTS) is 1. The van der Waals surface area contributed by atoms with Gasteiger partial charge in [0.2, 0.25) is 0 Å². The van der Waals surface area contributed by atoms with Crippen LogP contribution in [0.1, 0.15) is 31.1 Å². The van der Waals surface area contributed by atoms with Crippen LogP contribution in [-0.2, 0) is 0 Å². The fourth-order valence-electron chi connectivity index (χ4n) is 2.78. The predicted octanol–water partition coefficient (Wildman–Crippen LogP) is 8.53. The number of anilines is 1. The van der Waals surface area contributed by atoms with E-state index in [0.717, 1.165) is 4.90 Å². The van der Waals surface area contributed by atoms with E-state index in [1.165, 1.54) is 17.8 Å². The summed E-state index contributed by atoms with van der Waals surface area (Å²) in [5, 5.41) is 11.5. The van der Waals surface area contributed by atoms with Crippen molar-refractivity contribution in [1.82, 2.24) is 0 Å². The average molecular weight is 598 g/mol. The molecule has 3 aromatic rings. The Balaban J connectivity index is 1.73. The molecule has 0 unspecified atom stereocenters. The van der Waals surface area contributed by atoms with E-state index in [4.69, 9.17) is 69.6 Å². The SMILES string of the molecule is O=C(CSc1ccc(NC(=O)c2c(Cl)c(Cl)c(Cl)c(Cl)c2C(=O)O)cc1)c1ccc(Cl)c(Cl)c1. The monoisotopic (exact) mass is 595 g/mol. The quantitative estimate of drug-likeness (QED) is 0.123. The van der Waals surface area contributed by atoms with Crippen LogP contribution in [0.3, 0.4) is 0 Å². The van der Waals surface area contributed by atoms with Gasteiger partial charge in [-0.2, -0.15) is 0 Å². The molecule has 2 N–H and O–H groups in total. The molecule has 0 aliphatic heterocycles. The van der Waals surface area contributed by atoms with Crippen LogP contribution >= 0.6 is 81.4 Å². The van der Waals surface area contributed by atoms with Gasteiger partial charge < -0.3 is 10.4 Å². The lowest BCUT2D eigenvalue weighted by Gasteiger charge is -2.14. The Morgan fingerprint density at radius 3 is 1.91 bits per heavy atom. The number of carbonyl (C=O) groups is 3. The highest BCUT2D eigenvalue weighted by molar-refractivity contribution is 8.00. The number of halogens is 6. The van der Waals surface area contributed by atoms with Crippen molar-refractivity contribution in [2.24, 2.45) is 0 Å². The summed E-state index contributed by atoms with van der Waals surface area (Å²) < 4.78 is 0. The molecule has 0 fully saturated rings. The third-order valence-electron chi connectivity index (χ3n) is 4.43. The highest BCUT2D eigenvalue weighted by atomic mass is 35.5. The maximum atomic E-state index is 12.8. The standard InChI is InChI=1S/C22H11Cl6NO4S/c23-12-6-1-9(7-13(12)24)14(30)8-34-11-4-2-10(3-5-11)29-21(31)15-16(22(32)33)18(26)20(28)19(27)17(15)25/h1-7H,8H2,(H,29,31)(H,32,33). The van der Waals surface area contributed by atoms with Gasteiger partial charge in [0.25, 0.3) is 5.91 Å². The van der Waals surface area contributed by atoms with Crippen LogP contribution in [-0.4, -0.2) is 28.5 Å². The van der Waals surface area contributed by atoms with Crippen LogP contribution in [0.4, 0.5) is 5.69 Å². The fourth-order valence-corrected chi connectivity index (χ4v) is 4.89. The topological polar surface area (TPSA) is 83.5 Å². The predicted molar refractivity (Wildman–Crippen MR) is 139 cm³/mol. The normalized spacial score (nSPS) is 10.8. The zero-order valence-electron chi connectivity index (χ0n) is 16.6. The lowest BCUT2D eigenvalue weighted by atomic mass is 10.1. The molecule has 0 bridgehead atoms. The summed E-state index contributed by atoms with van der Waals surface area (Å²) in [5.41, 5.74) is -0.192. The number of benzene rings is 3. The van der Waals surface area contributed by atoms with E-state index < -0.39 is 28.0 Å². The molecule has 3 aromatic carbocycles. The molecule has 0 spiro atoms. The number of aromatic carboxylic acids is 1. The van der Waals surface area contributed by atoms with Crippen molar-refractivity contribution in [3.8, 4) is 0 Å². The molecule has 1 amide bonds. The molecule has 3 rings (SSSR count). The van der Waals surface area contributed by atoms with E-state index in [2.05, 4.69) is 5.32 Å². The second kappa shape index (κ2) is 11.4. The smallest absolute Gasteiger partial charge is 0.338 e. The summed E-state index contributed by atoms with van der Waals surface area (Å²) in [4.78, 5) is 37.6. The second-order valence-electron chi connectivity index (χ2n) is 6.63. The van der Waals surface area contributed by atoms with Crippen molar-refractivity contribution in [3.63, 3.8) is 0 Å². The first-order valence-corrected chi connectivity index (χ1v) is 12.4. The van der Waals surface area contributed by atoms with Crippen LogP contribution in [0, 0.1) is 0 Å². The average Bonchev–Trinajstić information content (AvgIpc) is 2.80. The first-order valence-electron chi connectivity index (χ1n) is 9.13. The van der Waals surface area contributed by atoms with Crippen molar-refractivity contribution in [2.45, 2.75) is 4.90 Å². The van der Waals surface area contributed by atoms with Crippen LogP contribution in [0.15, 0.2) is 47.4 Å². The van der Waals surface area contributed by atoms with E-state index in [0.29, 0.717) is 21.3 Å². The molecule has 0 saturated carbocycles. The summed E-state index contributed by atoms with van der Waals surface area (Å²) in [6.45, 7) is 0. The van der Waals surface area contributed by atoms with Crippen molar-refractivity contribution in [2.75, 3.05) is 11.1 Å². The van der Waals surface area contributed by atoms with Gasteiger partial charge in [0.1, 0.15) is 0 Å². The zero-order chi connectivity index (χ0) is 25.2. The third kappa shape index (κ3) is 5.94. The molecule has 0 heterocycles. The molecule has 176 valence electrons. The lowest BCUT2D eigenvalue weighted by molar-refractivity contribution is 0.0692. The Hall–Kier alpha value is -1.64. The van der Waals surface area contributed by atoms with Gasteiger partial charge in [0, 0.05) is 16.1 Å². The number of Topliss-reactive ketones (excluding diaryl/α,β-unsaturated/α-hetero) is 1. The maximum Gasteiger partial charge on any atom is 0.338 e. The van der Waals surface area contributed by atoms with Crippen molar-refractivity contribution < 1.29 is 19.5 Å². The van der Waals surface area contributed by atoms with Gasteiger partial charge in [-0.25, -0.2) is 4.79 Å². The van der Waals surface area contributed by atoms with Crippen LogP contribution in [0.5, 0.6) is 0 Å². The highest BCUT2D eigenvalue weighted by Gasteiger charge is 2.28. The summed E-state index contributed by atoms with van der Waals surface area (Å²) in [6.07, 6.45) is 0. The summed E-state index contributed by atoms with van der Waals surface area (Å²) in [6, 6.07) is 11.2. The molecule has 0 aromatic heterocycles. The number of nitrogens with one attached hydrogen (secondary N) is 1. The first kappa shape index (κ1) is 27.0. The second-order valence-corrected chi connectivity index (χ2v) is 10.0. The Labute approximate surface area is 228 Å². The highest BCUT2D eigenvalue weighted by Crippen LogP contribution is 2.41. The van der Waals surface area contributed by atoms with Gasteiger partial charge in [0.15, 0.2) is 5.78 Å². The number of amides is 1. The van der Waals surface area contributed by atoms with Crippen molar-refractivity contribution >= 4 is 105 Å². The number of hydrogen-bond donors (Lipinski definition) is 2. The van der Waals surface area contributed by atoms with E-state index in [9.17, 15) is 19.5 Å². The van der Waals surface area contributed by atoms with Crippen molar-refractivity contribution in [1.29, 1.82) is 0 Å². The minimum Gasteiger partial charge on any atom is -0.478 e. The fraction of sp³-hybridized carbons (Fsp3) is 0.0455. The van der Waals surface area contributed by atoms with Gasteiger partial charge >= 0.3 is 5.97 Å². The summed E-state index contributed by atoms with van der Waals surface area (Å²) in [5.74, 6) is -2.30. The molecule has 34 heavy (non-hydrogen) atoms. The molecule has 0 aliphatic carbocycles. The van der Waals surface area contributed by atoms with Crippen molar-refractivity contribution in [3.05, 3.63) is 89.3 Å². The Bertz CT molecular complexity index is 1310. The van der Waals surface area contributed by atoms with Gasteiger partial charge in [-0.15, -0.1) is 11.8 Å². The van der Waals surface area contributed by atoms with E-state index >= 15 is 0 Å². The van der Waals surface area contributed by atoms with E-state index in [1.807, 2.05) is 0 Å². The Morgan fingerprint density at radius 2 is 1.35 bits per heavy atom. The van der Waals surface area contributed by atoms with E-state index in [-0.39, 0.29) is 26.6 Å². The molecule has 0 radical (unpaired) electrons. The Kier molecular flexibility index (Phi) is 9.04. The molecular formula is C22H11Cl6NO4S. The maximum absolute atomic E-state index is 12.8. The van der Waals surface area contributed by atoms with Crippen LogP contribution in [0.2, 0.25) is 30.1 Å². The van der Waals surface area contributed by atoms with E-state index in [1.54, 1.807) is 36.4 Å². The molecule has 0 aliphatic rings. The molecular weight excluding hydrogens is 587 g/mol. The largest absolute Gasteiger partial charge is 0.478 e. The van der Waals surface area contributed by atoms with Crippen LogP contribution < -0.4 is 5.32 Å². The zero-order valence-corrected chi connectivity index (χ0v) is 21.9. The van der Waals surface area contributed by atoms with Gasteiger partial charge in [-0.3, -0.25) is 9.59 Å². The van der Waals surface area contributed by atoms with Gasteiger partial charge in [-0.1, -0.05) is 69.6 Å². The summed E-state index contributed by atoms with van der Waals surface area (Å²) in [7, 11) is 0. The van der Waals surface area contributed by atoms with Gasteiger partial charge in [0.05, 0.1) is 47.0 Å². The van der Waals surface area contributed by atoms with Gasteiger partial charge in [-0.05, 0) is 42.5 Å². The third-order valence-corrected chi connectivity index (χ3v) is 7.98. The molecule has 0 atom stereocenters. The number of carbonyl (C=O) groups excluding carboxylic acids is 2. The minimum atomic E-state index is -1.49. The number of ketones is 1. The number of carboxylic acids is 1. The first-order chi connectivity index (χ1) is 16.0. The summed E-state index contributed by atoms with van der Waals surface area (Å²) >= 11 is 37.1. The van der Waals surface area contributed by atoms with Crippen LogP contribution in [0.25, 0.3) is 0 Å². The minimum absolute atomic E-state index is 0.131. The molecule has 12 heteroatoms. The number of thioether (sulfide) groups is 1. The molecule has 0 saturated heterocycles. The number of hydrogen-bond acceptors (Lipinski definition) is 4. The Morgan fingerprint density at radius 1 is 0.765 bits per heavy atom. The molecule has 5 nitrogen and oxygen atoms in total.